The summed E-state index contributed by atoms with van der Waals surface area (Å²) in [5, 5.41) is 6.33. The van der Waals surface area contributed by atoms with Crippen molar-refractivity contribution >= 4 is 17.2 Å². The number of morpholine rings is 1. The average molecular weight is 323 g/mol. The molecule has 122 valence electrons. The minimum absolute atomic E-state index is 0.0625. The Kier molecular flexibility index (Phi) is 4.80. The lowest BCUT2D eigenvalue weighted by molar-refractivity contribution is -0.114. The zero-order valence-corrected chi connectivity index (χ0v) is 14.2. The van der Waals surface area contributed by atoms with Crippen molar-refractivity contribution in [1.29, 1.82) is 0 Å². The van der Waals surface area contributed by atoms with Gasteiger partial charge in [0.05, 0.1) is 23.8 Å². The second kappa shape index (κ2) is 6.64. The molecule has 0 aromatic carbocycles. The summed E-state index contributed by atoms with van der Waals surface area (Å²) in [7, 11) is 0. The summed E-state index contributed by atoms with van der Waals surface area (Å²) in [6.07, 6.45) is 2.90. The lowest BCUT2D eigenvalue weighted by Gasteiger charge is -2.44. The molecular formula is C16H25N3O2S. The third-order valence-corrected chi connectivity index (χ3v) is 5.28. The fraction of sp³-hybridized carbons (Fsp3) is 0.750. The minimum atomic E-state index is -0.143. The molecule has 1 N–H and O–H groups in total. The van der Waals surface area contributed by atoms with Gasteiger partial charge in [-0.15, -0.1) is 11.3 Å². The molecule has 2 aliphatic heterocycles. The number of nitrogens with one attached hydrogen (secondary N) is 1. The highest BCUT2D eigenvalue weighted by Crippen LogP contribution is 2.28. The molecule has 2 saturated heterocycles. The van der Waals surface area contributed by atoms with Crippen LogP contribution < -0.4 is 5.32 Å². The standard InChI is InChI=1S/C16H25N3O2S/c1-12(2)9-14-18-13(10-22-14)15(20)19-7-8-21-16(11-19)3-5-17-6-4-16/h10,12,17H,3-9,11H2,1-2H3. The van der Waals surface area contributed by atoms with E-state index in [1.807, 2.05) is 10.3 Å². The molecule has 0 radical (unpaired) electrons. The monoisotopic (exact) mass is 323 g/mol. The van der Waals surface area contributed by atoms with Gasteiger partial charge in [0, 0.05) is 18.3 Å². The third-order valence-electron chi connectivity index (χ3n) is 4.40. The lowest BCUT2D eigenvalue weighted by atomic mass is 9.90. The van der Waals surface area contributed by atoms with Crippen LogP contribution in [0.1, 0.15) is 42.2 Å². The molecule has 6 heteroatoms. The minimum Gasteiger partial charge on any atom is -0.371 e. The average Bonchev–Trinajstić information content (AvgIpc) is 2.95. The Morgan fingerprint density at radius 1 is 1.50 bits per heavy atom. The number of amides is 1. The predicted molar refractivity (Wildman–Crippen MR) is 87.3 cm³/mol. The van der Waals surface area contributed by atoms with Crippen LogP contribution in [0.25, 0.3) is 0 Å². The Hall–Kier alpha value is -0.980. The van der Waals surface area contributed by atoms with Crippen LogP contribution in [-0.2, 0) is 11.2 Å². The quantitative estimate of drug-likeness (QED) is 0.923. The van der Waals surface area contributed by atoms with Crippen molar-refractivity contribution in [2.75, 3.05) is 32.8 Å². The number of hydrogen-bond acceptors (Lipinski definition) is 5. The molecule has 22 heavy (non-hydrogen) atoms. The highest BCUT2D eigenvalue weighted by Gasteiger charge is 2.39. The van der Waals surface area contributed by atoms with Gasteiger partial charge in [0.25, 0.3) is 5.91 Å². The lowest BCUT2D eigenvalue weighted by Crippen LogP contribution is -2.57. The number of aromatic nitrogens is 1. The van der Waals surface area contributed by atoms with Gasteiger partial charge in [0.2, 0.25) is 0 Å². The highest BCUT2D eigenvalue weighted by atomic mass is 32.1. The first-order chi connectivity index (χ1) is 10.6. The van der Waals surface area contributed by atoms with Crippen LogP contribution in [0.15, 0.2) is 5.38 Å². The van der Waals surface area contributed by atoms with Gasteiger partial charge in [-0.2, -0.15) is 0 Å². The highest BCUT2D eigenvalue weighted by molar-refractivity contribution is 7.09. The predicted octanol–water partition coefficient (Wildman–Crippen LogP) is 1.94. The van der Waals surface area contributed by atoms with E-state index in [-0.39, 0.29) is 11.5 Å². The number of carbonyl (C=O) groups excluding carboxylic acids is 1. The normalized spacial score (nSPS) is 21.5. The number of rotatable bonds is 3. The first-order valence-electron chi connectivity index (χ1n) is 8.16. The number of hydrogen-bond donors (Lipinski definition) is 1. The number of thiazole rings is 1. The van der Waals surface area contributed by atoms with Crippen molar-refractivity contribution in [3.05, 3.63) is 16.1 Å². The molecule has 0 bridgehead atoms. The van der Waals surface area contributed by atoms with Crippen LogP contribution in [0.4, 0.5) is 0 Å². The second-order valence-corrected chi connectivity index (χ2v) is 7.68. The van der Waals surface area contributed by atoms with Crippen LogP contribution in [0.3, 0.4) is 0 Å². The maximum absolute atomic E-state index is 12.7. The fourth-order valence-electron chi connectivity index (χ4n) is 3.22. The first kappa shape index (κ1) is 15.9. The molecule has 0 unspecified atom stereocenters. The molecule has 1 amide bonds. The number of nitrogens with zero attached hydrogens (tertiary/aromatic N) is 2. The van der Waals surface area contributed by atoms with Gasteiger partial charge in [-0.1, -0.05) is 13.8 Å². The maximum Gasteiger partial charge on any atom is 0.273 e. The SMILES string of the molecule is CC(C)Cc1nc(C(=O)N2CCOC3(CCNCC3)C2)cs1. The molecule has 1 spiro atoms. The Balaban J connectivity index is 1.67. The van der Waals surface area contributed by atoms with Gasteiger partial charge in [0.1, 0.15) is 5.69 Å². The molecule has 1 aromatic rings. The van der Waals surface area contributed by atoms with E-state index < -0.39 is 0 Å². The van der Waals surface area contributed by atoms with Gasteiger partial charge in [-0.05, 0) is 31.8 Å². The van der Waals surface area contributed by atoms with Gasteiger partial charge in [-0.25, -0.2) is 4.98 Å². The van der Waals surface area contributed by atoms with Crippen LogP contribution in [0.5, 0.6) is 0 Å². The van der Waals surface area contributed by atoms with Crippen molar-refractivity contribution in [1.82, 2.24) is 15.2 Å². The van der Waals surface area contributed by atoms with Gasteiger partial charge in [0.15, 0.2) is 0 Å². The molecule has 0 aliphatic carbocycles. The molecule has 0 atom stereocenters. The number of piperidine rings is 1. The molecular weight excluding hydrogens is 298 g/mol. The third kappa shape index (κ3) is 3.50. The summed E-state index contributed by atoms with van der Waals surface area (Å²) in [4.78, 5) is 19.2. The van der Waals surface area contributed by atoms with Crippen molar-refractivity contribution in [3.63, 3.8) is 0 Å². The van der Waals surface area contributed by atoms with E-state index in [1.165, 1.54) is 0 Å². The van der Waals surface area contributed by atoms with Crippen LogP contribution in [0, 0.1) is 5.92 Å². The van der Waals surface area contributed by atoms with Crippen LogP contribution in [-0.4, -0.2) is 54.2 Å². The molecule has 0 saturated carbocycles. The fourth-order valence-corrected chi connectivity index (χ4v) is 4.20. The number of carbonyl (C=O) groups is 1. The van der Waals surface area contributed by atoms with E-state index >= 15 is 0 Å². The molecule has 3 rings (SSSR count). The Bertz CT molecular complexity index is 518. The summed E-state index contributed by atoms with van der Waals surface area (Å²) in [5.41, 5.74) is 0.460. The first-order valence-corrected chi connectivity index (χ1v) is 9.04. The summed E-state index contributed by atoms with van der Waals surface area (Å²) in [6, 6.07) is 0. The van der Waals surface area contributed by atoms with Crippen molar-refractivity contribution in [2.45, 2.75) is 38.7 Å². The van der Waals surface area contributed by atoms with Crippen molar-refractivity contribution in [3.8, 4) is 0 Å². The van der Waals surface area contributed by atoms with E-state index in [9.17, 15) is 4.79 Å². The van der Waals surface area contributed by atoms with Crippen LogP contribution >= 0.6 is 11.3 Å². The Morgan fingerprint density at radius 2 is 2.27 bits per heavy atom. The summed E-state index contributed by atoms with van der Waals surface area (Å²) < 4.78 is 6.03. The Labute approximate surface area is 136 Å². The van der Waals surface area contributed by atoms with Gasteiger partial charge >= 0.3 is 0 Å². The van der Waals surface area contributed by atoms with E-state index in [2.05, 4.69) is 24.1 Å². The largest absolute Gasteiger partial charge is 0.371 e. The smallest absolute Gasteiger partial charge is 0.273 e. The molecule has 2 aliphatic rings. The van der Waals surface area contributed by atoms with Crippen molar-refractivity contribution in [2.24, 2.45) is 5.92 Å². The maximum atomic E-state index is 12.7. The van der Waals surface area contributed by atoms with Crippen molar-refractivity contribution < 1.29 is 9.53 Å². The second-order valence-electron chi connectivity index (χ2n) is 6.73. The van der Waals surface area contributed by atoms with E-state index in [1.54, 1.807) is 11.3 Å². The zero-order chi connectivity index (χ0) is 15.6. The molecule has 3 heterocycles. The summed E-state index contributed by atoms with van der Waals surface area (Å²) >= 11 is 1.60. The topological polar surface area (TPSA) is 54.5 Å². The summed E-state index contributed by atoms with van der Waals surface area (Å²) in [6.45, 7) is 8.29. The Morgan fingerprint density at radius 3 is 3.00 bits per heavy atom. The summed E-state index contributed by atoms with van der Waals surface area (Å²) in [5.74, 6) is 0.628. The van der Waals surface area contributed by atoms with Gasteiger partial charge < -0.3 is 15.0 Å². The van der Waals surface area contributed by atoms with E-state index in [4.69, 9.17) is 4.74 Å². The molecule has 5 nitrogen and oxygen atoms in total. The zero-order valence-electron chi connectivity index (χ0n) is 13.4. The van der Waals surface area contributed by atoms with Gasteiger partial charge in [-0.3, -0.25) is 4.79 Å². The molecule has 1 aromatic heterocycles. The van der Waals surface area contributed by atoms with E-state index in [0.717, 1.165) is 37.4 Å². The van der Waals surface area contributed by atoms with E-state index in [0.29, 0.717) is 31.3 Å². The molecule has 2 fully saturated rings. The number of ether oxygens (including phenoxy) is 1. The van der Waals surface area contributed by atoms with Crippen LogP contribution in [0.2, 0.25) is 0 Å².